The Morgan fingerprint density at radius 2 is 0.313 bits per heavy atom. The van der Waals surface area contributed by atoms with E-state index in [2.05, 4.69) is 51.3 Å². The third-order valence-electron chi connectivity index (χ3n) is 22.4. The van der Waals surface area contributed by atoms with Crippen LogP contribution in [-0.2, 0) is 9.59 Å². The van der Waals surface area contributed by atoms with Gasteiger partial charge >= 0.3 is 37.7 Å². The van der Waals surface area contributed by atoms with Crippen LogP contribution in [0.4, 0.5) is 0 Å². The number of aliphatic carboxylic acids is 2. The standard InChI is InChI=1S/2C46H93NO2.Ca/c2*1-4-6-8-10-12-14-16-18-20-22-24-26-28-30-32-34-36-38-43-47(45(3)41-40-42-46(48)49)44-39-37-35-33-31-29-27-25-23-21-19-17-15-13-11-9-7-5-2;/h2*45H,4-44H2,1-3H3,(H,48,49);/q;;+2/p-2. The first-order chi connectivity index (χ1) is 48.2. The Kier molecular flexibility index (Phi) is 96.3. The first-order valence-electron chi connectivity index (χ1n) is 46.1. The molecule has 0 radical (unpaired) electrons. The van der Waals surface area contributed by atoms with Gasteiger partial charge in [0.15, 0.2) is 0 Å². The van der Waals surface area contributed by atoms with Gasteiger partial charge in [-0.1, -0.05) is 464 Å². The molecule has 0 aliphatic carbocycles. The van der Waals surface area contributed by atoms with Crippen LogP contribution in [0.2, 0.25) is 0 Å². The van der Waals surface area contributed by atoms with E-state index in [0.717, 1.165) is 25.7 Å². The van der Waals surface area contributed by atoms with Gasteiger partial charge < -0.3 is 29.6 Å². The number of rotatable bonds is 86. The van der Waals surface area contributed by atoms with Gasteiger partial charge in [0.1, 0.15) is 0 Å². The molecule has 0 aliphatic heterocycles. The van der Waals surface area contributed by atoms with Crippen molar-refractivity contribution in [3.05, 3.63) is 0 Å². The molecule has 7 heteroatoms. The largest absolute Gasteiger partial charge is 2.00 e. The molecule has 0 bridgehead atoms. The minimum atomic E-state index is -0.897. The van der Waals surface area contributed by atoms with Gasteiger partial charge in [-0.25, -0.2) is 0 Å². The molecule has 2 atom stereocenters. The summed E-state index contributed by atoms with van der Waals surface area (Å²) < 4.78 is 0. The van der Waals surface area contributed by atoms with Gasteiger partial charge in [-0.3, -0.25) is 0 Å². The van der Waals surface area contributed by atoms with Crippen LogP contribution in [0.3, 0.4) is 0 Å². The minimum absolute atomic E-state index is 0. The molecule has 0 saturated carbocycles. The normalized spacial score (nSPS) is 12.2. The molecule has 0 aromatic carbocycles. The first kappa shape index (κ1) is 103. The second kappa shape index (κ2) is 92.3. The predicted octanol–water partition coefficient (Wildman–Crippen LogP) is 29.0. The number of carboxylic acids is 2. The van der Waals surface area contributed by atoms with Crippen molar-refractivity contribution in [2.75, 3.05) is 26.2 Å². The van der Waals surface area contributed by atoms with E-state index < -0.39 is 11.9 Å². The zero-order chi connectivity index (χ0) is 71.4. The third-order valence-corrected chi connectivity index (χ3v) is 22.4. The topological polar surface area (TPSA) is 86.7 Å². The summed E-state index contributed by atoms with van der Waals surface area (Å²) in [6.45, 7) is 18.6. The van der Waals surface area contributed by atoms with Crippen molar-refractivity contribution < 1.29 is 19.8 Å². The quantitative estimate of drug-likeness (QED) is 0.0445. The number of unbranched alkanes of at least 4 members (excludes halogenated alkanes) is 68. The maximum atomic E-state index is 10.9. The van der Waals surface area contributed by atoms with Crippen LogP contribution < -0.4 is 10.2 Å². The summed E-state index contributed by atoms with van der Waals surface area (Å²) in [4.78, 5) is 27.2. The summed E-state index contributed by atoms with van der Waals surface area (Å²) in [6, 6.07) is 0.965. The van der Waals surface area contributed by atoms with E-state index in [0.29, 0.717) is 12.1 Å². The molecule has 0 amide bonds. The van der Waals surface area contributed by atoms with Crippen molar-refractivity contribution in [3.8, 4) is 0 Å². The van der Waals surface area contributed by atoms with Crippen molar-refractivity contribution in [1.29, 1.82) is 0 Å². The summed E-state index contributed by atoms with van der Waals surface area (Å²) in [6.07, 6.45) is 106. The van der Waals surface area contributed by atoms with Crippen LogP contribution >= 0.6 is 0 Å². The number of hydrogen-bond acceptors (Lipinski definition) is 6. The zero-order valence-electron chi connectivity index (χ0n) is 69.4. The molecule has 0 fully saturated rings. The fourth-order valence-electron chi connectivity index (χ4n) is 15.4. The smallest absolute Gasteiger partial charge is 0.550 e. The maximum Gasteiger partial charge on any atom is 2.00 e. The van der Waals surface area contributed by atoms with E-state index in [1.54, 1.807) is 0 Å². The molecule has 0 rings (SSSR count). The Morgan fingerprint density at radius 3 is 0.424 bits per heavy atom. The Labute approximate surface area is 655 Å². The molecule has 0 aromatic rings. The molecular weight excluding hydrogens is 1240 g/mol. The number of hydrogen-bond donors (Lipinski definition) is 0. The SMILES string of the molecule is CCCCCCCCCCCCCCCCCCCCN(CCCCCCCCCCCCCCCCCCCC)C(C)CCCC(=O)[O-].CCCCCCCCCCCCCCCCCCCCN(CCCCCCCCCCCCCCCCCCCC)C(C)CCCC(=O)[O-].[Ca+2]. The van der Waals surface area contributed by atoms with E-state index in [-0.39, 0.29) is 50.6 Å². The van der Waals surface area contributed by atoms with Gasteiger partial charge in [-0.15, -0.1) is 0 Å². The van der Waals surface area contributed by atoms with Crippen LogP contribution in [0, 0.1) is 0 Å². The second-order valence-electron chi connectivity index (χ2n) is 32.3. The summed E-state index contributed by atoms with van der Waals surface area (Å²) in [5.74, 6) is -1.79. The summed E-state index contributed by atoms with van der Waals surface area (Å²) in [5, 5.41) is 21.9. The van der Waals surface area contributed by atoms with E-state index >= 15 is 0 Å². The van der Waals surface area contributed by atoms with Gasteiger partial charge in [0, 0.05) is 24.0 Å². The Balaban J connectivity index is -0.00000184. The van der Waals surface area contributed by atoms with Gasteiger partial charge in [0.2, 0.25) is 0 Å². The fourth-order valence-corrected chi connectivity index (χ4v) is 15.4. The first-order valence-corrected chi connectivity index (χ1v) is 46.1. The molecule has 0 aliphatic rings. The Morgan fingerprint density at radius 1 is 0.202 bits per heavy atom. The van der Waals surface area contributed by atoms with Crippen molar-refractivity contribution in [1.82, 2.24) is 9.80 Å². The number of carbonyl (C=O) groups is 2. The minimum Gasteiger partial charge on any atom is -0.550 e. The van der Waals surface area contributed by atoms with Gasteiger partial charge in [0.25, 0.3) is 0 Å². The van der Waals surface area contributed by atoms with Crippen LogP contribution in [0.5, 0.6) is 0 Å². The molecule has 99 heavy (non-hydrogen) atoms. The van der Waals surface area contributed by atoms with Crippen LogP contribution in [0.1, 0.15) is 542 Å². The third kappa shape index (κ3) is 90.4. The molecule has 0 heterocycles. The van der Waals surface area contributed by atoms with E-state index in [1.165, 1.54) is 488 Å². The Bertz CT molecular complexity index is 1280. The van der Waals surface area contributed by atoms with Crippen molar-refractivity contribution in [3.63, 3.8) is 0 Å². The van der Waals surface area contributed by atoms with Crippen LogP contribution in [-0.4, -0.2) is 97.7 Å². The molecule has 0 N–H and O–H groups in total. The van der Waals surface area contributed by atoms with Gasteiger partial charge in [0.05, 0.1) is 0 Å². The molecule has 0 aromatic heterocycles. The van der Waals surface area contributed by atoms with E-state index in [9.17, 15) is 19.8 Å². The average molecular weight is 1420 g/mol. The zero-order valence-corrected chi connectivity index (χ0v) is 71.6. The van der Waals surface area contributed by atoms with E-state index in [4.69, 9.17) is 0 Å². The predicted molar refractivity (Wildman–Crippen MR) is 441 cm³/mol. The van der Waals surface area contributed by atoms with Crippen molar-refractivity contribution in [2.24, 2.45) is 0 Å². The van der Waals surface area contributed by atoms with Crippen LogP contribution in [0.15, 0.2) is 0 Å². The number of nitrogens with zero attached hydrogens (tertiary/aromatic N) is 2. The molecule has 0 spiro atoms. The summed E-state index contributed by atoms with van der Waals surface area (Å²) in [5.41, 5.74) is 0. The fraction of sp³-hybridized carbons (Fsp3) is 0.978. The molecule has 588 valence electrons. The monoisotopic (exact) mass is 1420 g/mol. The maximum absolute atomic E-state index is 10.9. The second-order valence-corrected chi connectivity index (χ2v) is 32.3. The molecule has 0 saturated heterocycles. The average Bonchev–Trinajstić information content (AvgIpc) is 1.79. The van der Waals surface area contributed by atoms with Crippen molar-refractivity contribution >= 4 is 49.7 Å². The van der Waals surface area contributed by atoms with Crippen LogP contribution in [0.25, 0.3) is 0 Å². The number of carboxylic acid groups (broad SMARTS) is 2. The summed E-state index contributed by atoms with van der Waals surface area (Å²) in [7, 11) is 0. The van der Waals surface area contributed by atoms with E-state index in [1.807, 2.05) is 0 Å². The van der Waals surface area contributed by atoms with Gasteiger partial charge in [-0.05, 0) is 104 Å². The van der Waals surface area contributed by atoms with Gasteiger partial charge in [-0.2, -0.15) is 0 Å². The van der Waals surface area contributed by atoms with Crippen molar-refractivity contribution in [2.45, 2.75) is 554 Å². The molecular formula is C92H184CaN2O4. The summed E-state index contributed by atoms with van der Waals surface area (Å²) >= 11 is 0. The molecule has 2 unspecified atom stereocenters. The molecule has 6 nitrogen and oxygen atoms in total. The number of carbonyl (C=O) groups excluding carboxylic acids is 2. The Hall–Kier alpha value is 0.120.